The number of hydrogen-bond donors (Lipinski definition) is 1. The Morgan fingerprint density at radius 3 is 2.46 bits per heavy atom. The van der Waals surface area contributed by atoms with Crippen LogP contribution in [-0.2, 0) is 9.53 Å². The van der Waals surface area contributed by atoms with Gasteiger partial charge in [-0.25, -0.2) is 0 Å². The SMILES string of the molecule is CCNC(=NCCN(CC)C1CC1)N1CCN(C(=O)C2CCCO2)CC1. The van der Waals surface area contributed by atoms with E-state index < -0.39 is 0 Å². The number of nitrogens with one attached hydrogen (secondary N) is 1. The Morgan fingerprint density at radius 2 is 1.88 bits per heavy atom. The molecule has 2 saturated heterocycles. The molecule has 3 rings (SSSR count). The number of hydrogen-bond acceptors (Lipinski definition) is 4. The summed E-state index contributed by atoms with van der Waals surface area (Å²) >= 11 is 0. The van der Waals surface area contributed by atoms with E-state index in [-0.39, 0.29) is 12.0 Å². The second kappa shape index (κ2) is 9.55. The lowest BCUT2D eigenvalue weighted by Crippen LogP contribution is -2.55. The van der Waals surface area contributed by atoms with Crippen LogP contribution in [0.5, 0.6) is 0 Å². The van der Waals surface area contributed by atoms with Gasteiger partial charge in [0.1, 0.15) is 6.10 Å². The topological polar surface area (TPSA) is 60.4 Å². The van der Waals surface area contributed by atoms with Crippen molar-refractivity contribution in [3.8, 4) is 0 Å². The van der Waals surface area contributed by atoms with E-state index in [0.29, 0.717) is 0 Å². The van der Waals surface area contributed by atoms with Crippen LogP contribution in [0.3, 0.4) is 0 Å². The Bertz CT molecular complexity index is 480. The van der Waals surface area contributed by atoms with Gasteiger partial charge >= 0.3 is 0 Å². The fraction of sp³-hybridized carbons (Fsp3) is 0.895. The van der Waals surface area contributed by atoms with Gasteiger partial charge in [0, 0.05) is 51.9 Å². The number of guanidine groups is 1. The van der Waals surface area contributed by atoms with Crippen LogP contribution in [-0.4, -0.2) is 97.7 Å². The van der Waals surface area contributed by atoms with Gasteiger partial charge < -0.3 is 19.9 Å². The van der Waals surface area contributed by atoms with Crippen LogP contribution in [0.1, 0.15) is 39.5 Å². The van der Waals surface area contributed by atoms with E-state index in [2.05, 4.69) is 29.0 Å². The Morgan fingerprint density at radius 1 is 1.15 bits per heavy atom. The number of amides is 1. The van der Waals surface area contributed by atoms with Crippen molar-refractivity contribution in [2.45, 2.75) is 51.7 Å². The van der Waals surface area contributed by atoms with Crippen LogP contribution in [0.15, 0.2) is 4.99 Å². The Balaban J connectivity index is 1.47. The summed E-state index contributed by atoms with van der Waals surface area (Å²) in [5.41, 5.74) is 0. The van der Waals surface area contributed by atoms with E-state index in [9.17, 15) is 4.79 Å². The molecule has 1 saturated carbocycles. The van der Waals surface area contributed by atoms with Gasteiger partial charge in [-0.1, -0.05) is 6.92 Å². The molecule has 3 aliphatic rings. The van der Waals surface area contributed by atoms with E-state index in [1.54, 1.807) is 0 Å². The molecule has 2 aliphatic heterocycles. The van der Waals surface area contributed by atoms with Gasteiger partial charge in [0.05, 0.1) is 6.54 Å². The Hall–Kier alpha value is -1.34. The molecule has 1 unspecified atom stereocenters. The zero-order chi connectivity index (χ0) is 18.4. The van der Waals surface area contributed by atoms with Crippen LogP contribution in [0.4, 0.5) is 0 Å². The Labute approximate surface area is 157 Å². The molecule has 1 aliphatic carbocycles. The molecule has 0 spiro atoms. The normalized spacial score (nSPS) is 24.4. The highest BCUT2D eigenvalue weighted by molar-refractivity contribution is 5.82. The summed E-state index contributed by atoms with van der Waals surface area (Å²) in [5, 5.41) is 3.42. The van der Waals surface area contributed by atoms with Gasteiger partial charge in [0.15, 0.2) is 5.96 Å². The van der Waals surface area contributed by atoms with Gasteiger partial charge in [-0.2, -0.15) is 0 Å². The Kier molecular flexibility index (Phi) is 7.14. The van der Waals surface area contributed by atoms with Crippen LogP contribution in [0.2, 0.25) is 0 Å². The summed E-state index contributed by atoms with van der Waals surface area (Å²) in [6.07, 6.45) is 4.36. The molecular formula is C19H35N5O2. The lowest BCUT2D eigenvalue weighted by Gasteiger charge is -2.37. The zero-order valence-corrected chi connectivity index (χ0v) is 16.5. The van der Waals surface area contributed by atoms with Crippen molar-refractivity contribution < 1.29 is 9.53 Å². The van der Waals surface area contributed by atoms with Crippen molar-refractivity contribution in [1.29, 1.82) is 0 Å². The molecule has 0 aromatic rings. The smallest absolute Gasteiger partial charge is 0.251 e. The zero-order valence-electron chi connectivity index (χ0n) is 16.5. The summed E-state index contributed by atoms with van der Waals surface area (Å²) in [6.45, 7) is 12.1. The van der Waals surface area contributed by atoms with Crippen LogP contribution in [0.25, 0.3) is 0 Å². The van der Waals surface area contributed by atoms with Gasteiger partial charge in [-0.15, -0.1) is 0 Å². The third kappa shape index (κ3) is 5.10. The van der Waals surface area contributed by atoms with Gasteiger partial charge in [-0.05, 0) is 39.2 Å². The van der Waals surface area contributed by atoms with E-state index >= 15 is 0 Å². The molecule has 1 amide bonds. The minimum absolute atomic E-state index is 0.173. The number of likely N-dealkylation sites (N-methyl/N-ethyl adjacent to an activating group) is 1. The molecule has 0 aromatic carbocycles. The molecule has 0 aromatic heterocycles. The second-order valence-corrected chi connectivity index (χ2v) is 7.41. The third-order valence-electron chi connectivity index (χ3n) is 5.55. The van der Waals surface area contributed by atoms with Gasteiger partial charge in [0.2, 0.25) is 0 Å². The monoisotopic (exact) mass is 365 g/mol. The van der Waals surface area contributed by atoms with Crippen LogP contribution < -0.4 is 5.32 Å². The molecule has 148 valence electrons. The third-order valence-corrected chi connectivity index (χ3v) is 5.55. The number of piperazine rings is 1. The first-order valence-corrected chi connectivity index (χ1v) is 10.4. The predicted octanol–water partition coefficient (Wildman–Crippen LogP) is 0.759. The van der Waals surface area contributed by atoms with Crippen molar-refractivity contribution in [3.63, 3.8) is 0 Å². The maximum absolute atomic E-state index is 12.5. The molecule has 1 N–H and O–H groups in total. The molecule has 7 heteroatoms. The summed E-state index contributed by atoms with van der Waals surface area (Å²) in [6, 6.07) is 0.796. The average molecular weight is 366 g/mol. The van der Waals surface area contributed by atoms with Crippen LogP contribution >= 0.6 is 0 Å². The number of carbonyl (C=O) groups is 1. The highest BCUT2D eigenvalue weighted by Crippen LogP contribution is 2.26. The highest BCUT2D eigenvalue weighted by Gasteiger charge is 2.31. The molecule has 26 heavy (non-hydrogen) atoms. The van der Waals surface area contributed by atoms with Crippen molar-refractivity contribution >= 4 is 11.9 Å². The van der Waals surface area contributed by atoms with Crippen molar-refractivity contribution in [1.82, 2.24) is 20.0 Å². The molecule has 1 atom stereocenters. The van der Waals surface area contributed by atoms with E-state index in [4.69, 9.17) is 9.73 Å². The maximum atomic E-state index is 12.5. The quantitative estimate of drug-likeness (QED) is 0.533. The van der Waals surface area contributed by atoms with Crippen molar-refractivity contribution in [2.75, 3.05) is 59.0 Å². The second-order valence-electron chi connectivity index (χ2n) is 7.41. The van der Waals surface area contributed by atoms with Crippen molar-refractivity contribution in [2.24, 2.45) is 4.99 Å². The molecule has 2 heterocycles. The predicted molar refractivity (Wildman–Crippen MR) is 103 cm³/mol. The lowest BCUT2D eigenvalue weighted by molar-refractivity contribution is -0.142. The molecule has 7 nitrogen and oxygen atoms in total. The summed E-state index contributed by atoms with van der Waals surface area (Å²) in [7, 11) is 0. The molecule has 0 bridgehead atoms. The standard InChI is InChI=1S/C19H35N5O2/c1-3-20-19(21-9-10-22(4-2)16-7-8-16)24-13-11-23(12-14-24)18(25)17-6-5-15-26-17/h16-17H,3-15H2,1-2H3,(H,20,21). The molecular weight excluding hydrogens is 330 g/mol. The first kappa shape index (κ1) is 19.4. The minimum atomic E-state index is -0.203. The number of rotatable bonds is 7. The van der Waals surface area contributed by atoms with Gasteiger partial charge in [0.25, 0.3) is 5.91 Å². The average Bonchev–Trinajstić information content (AvgIpc) is 3.36. The number of ether oxygens (including phenoxy) is 1. The summed E-state index contributed by atoms with van der Waals surface area (Å²) in [4.78, 5) is 24.1. The first-order chi connectivity index (χ1) is 12.7. The first-order valence-electron chi connectivity index (χ1n) is 10.4. The largest absolute Gasteiger partial charge is 0.368 e. The molecule has 3 fully saturated rings. The van der Waals surface area contributed by atoms with Crippen LogP contribution in [0, 0.1) is 0 Å². The van der Waals surface area contributed by atoms with E-state index in [1.807, 2.05) is 4.90 Å². The number of aliphatic imine (C=N–C) groups is 1. The fourth-order valence-corrected chi connectivity index (χ4v) is 3.86. The fourth-order valence-electron chi connectivity index (χ4n) is 3.86. The van der Waals surface area contributed by atoms with E-state index in [0.717, 1.165) is 83.8 Å². The van der Waals surface area contributed by atoms with Gasteiger partial charge in [-0.3, -0.25) is 14.7 Å². The summed E-state index contributed by atoms with van der Waals surface area (Å²) in [5.74, 6) is 1.16. The highest BCUT2D eigenvalue weighted by atomic mass is 16.5. The lowest BCUT2D eigenvalue weighted by atomic mass is 10.2. The summed E-state index contributed by atoms with van der Waals surface area (Å²) < 4.78 is 5.55. The maximum Gasteiger partial charge on any atom is 0.251 e. The number of nitrogens with zero attached hydrogens (tertiary/aromatic N) is 4. The number of carbonyl (C=O) groups excluding carboxylic acids is 1. The van der Waals surface area contributed by atoms with E-state index in [1.165, 1.54) is 12.8 Å². The molecule has 0 radical (unpaired) electrons. The van der Waals surface area contributed by atoms with Crippen molar-refractivity contribution in [3.05, 3.63) is 0 Å². The minimum Gasteiger partial charge on any atom is -0.368 e.